The fourth-order valence-electron chi connectivity index (χ4n) is 9.59. The Morgan fingerprint density at radius 3 is 1.70 bits per heavy atom. The summed E-state index contributed by atoms with van der Waals surface area (Å²) in [7, 11) is 0. The first-order valence-corrected chi connectivity index (χ1v) is 19.2. The van der Waals surface area contributed by atoms with Crippen LogP contribution in [0.15, 0.2) is 182 Å². The summed E-state index contributed by atoms with van der Waals surface area (Å²) in [6.45, 7) is 0. The van der Waals surface area contributed by atoms with Gasteiger partial charge in [0.25, 0.3) is 0 Å². The van der Waals surface area contributed by atoms with Crippen LogP contribution in [0.4, 0.5) is 0 Å². The Bertz CT molecular complexity index is 3740. The van der Waals surface area contributed by atoms with E-state index in [9.17, 15) is 0 Å². The van der Waals surface area contributed by atoms with Crippen LogP contribution in [0.2, 0.25) is 0 Å². The molecule has 0 aliphatic rings. The molecule has 9 aromatic carbocycles. The Kier molecular flexibility index (Phi) is 5.86. The van der Waals surface area contributed by atoms with Gasteiger partial charge >= 0.3 is 0 Å². The van der Waals surface area contributed by atoms with Gasteiger partial charge in [-0.15, -0.1) is 0 Å². The second kappa shape index (κ2) is 11.0. The molecule has 0 aliphatic heterocycles. The van der Waals surface area contributed by atoms with Crippen LogP contribution in [-0.4, -0.2) is 18.9 Å². The zero-order valence-corrected chi connectivity index (χ0v) is 30.1. The van der Waals surface area contributed by atoms with Gasteiger partial charge in [-0.1, -0.05) is 158 Å². The van der Waals surface area contributed by atoms with Crippen molar-refractivity contribution in [2.24, 2.45) is 0 Å². The molecule has 0 N–H and O–H groups in total. The minimum Gasteiger partial charge on any atom is -0.308 e. The molecule has 4 heterocycles. The van der Waals surface area contributed by atoms with Crippen LogP contribution in [0.5, 0.6) is 0 Å². The van der Waals surface area contributed by atoms with Gasteiger partial charge in [0.05, 0.1) is 38.8 Å². The van der Waals surface area contributed by atoms with Gasteiger partial charge < -0.3 is 4.40 Å². The van der Waals surface area contributed by atoms with E-state index >= 15 is 0 Å². The van der Waals surface area contributed by atoms with E-state index < -0.39 is 0 Å². The Morgan fingerprint density at radius 2 is 0.911 bits per heavy atom. The summed E-state index contributed by atoms with van der Waals surface area (Å²) in [4.78, 5) is 11.3. The number of rotatable bonds is 3. The predicted octanol–water partition coefficient (Wildman–Crippen LogP) is 13.5. The van der Waals surface area contributed by atoms with Crippen molar-refractivity contribution in [2.45, 2.75) is 0 Å². The first kappa shape index (κ1) is 29.8. The van der Waals surface area contributed by atoms with E-state index in [0.717, 1.165) is 44.0 Å². The summed E-state index contributed by atoms with van der Waals surface area (Å²) in [5, 5.41) is 13.0. The van der Waals surface area contributed by atoms with Crippen molar-refractivity contribution in [3.05, 3.63) is 182 Å². The first-order valence-electron chi connectivity index (χ1n) is 19.2. The van der Waals surface area contributed by atoms with Crippen molar-refractivity contribution < 1.29 is 0 Å². The van der Waals surface area contributed by atoms with Crippen molar-refractivity contribution in [1.82, 2.24) is 18.9 Å². The molecule has 0 unspecified atom stereocenters. The second-order valence-corrected chi connectivity index (χ2v) is 14.9. The standard InChI is InChI=1S/C52H30N4/c1-2-12-31(13-3-1)32-22-24-35(25-23-32)47-41-29-27-33-14-4-6-16-36(33)48(41)54-52(53-47)56-49-37-17-7-5-15-34(37)26-28-39(49)43-30-42-38-18-8-10-20-44(38)55-45-21-11-9-19-40(45)46(50(42)55)51(43)56/h1-30H. The molecular formula is C52H30N4. The minimum atomic E-state index is 0.662. The Balaban J connectivity index is 1.24. The number of nitrogens with zero attached hydrogens (tertiary/aromatic N) is 4. The van der Waals surface area contributed by atoms with Crippen molar-refractivity contribution in [2.75, 3.05) is 0 Å². The molecule has 4 aromatic heterocycles. The van der Waals surface area contributed by atoms with E-state index in [1.54, 1.807) is 0 Å². The Hall–Kier alpha value is -7.56. The normalized spacial score (nSPS) is 12.3. The monoisotopic (exact) mass is 710 g/mol. The molecule has 0 amide bonds. The number of hydrogen-bond donors (Lipinski definition) is 0. The van der Waals surface area contributed by atoms with E-state index in [0.29, 0.717) is 5.95 Å². The van der Waals surface area contributed by atoms with Crippen LogP contribution >= 0.6 is 0 Å². The number of aromatic nitrogens is 4. The molecule has 0 bridgehead atoms. The molecule has 56 heavy (non-hydrogen) atoms. The van der Waals surface area contributed by atoms with Crippen molar-refractivity contribution >= 4 is 92.3 Å². The topological polar surface area (TPSA) is 35.1 Å². The summed E-state index contributed by atoms with van der Waals surface area (Å²) < 4.78 is 4.85. The fourth-order valence-corrected chi connectivity index (χ4v) is 9.59. The average Bonchev–Trinajstić information content (AvgIpc) is 3.91. The van der Waals surface area contributed by atoms with E-state index in [2.05, 4.69) is 191 Å². The largest absolute Gasteiger partial charge is 0.308 e. The number of para-hydroxylation sites is 2. The number of benzene rings is 9. The SMILES string of the molecule is c1ccc(-c2ccc(-c3nc(-n4c5c6ccccc6ccc5c5cc6c7ccccc7n7c8ccccc8c(c54)c67)nc4c3ccc3ccccc34)cc2)cc1. The highest BCUT2D eigenvalue weighted by atomic mass is 15.2. The average molecular weight is 711 g/mol. The second-order valence-electron chi connectivity index (χ2n) is 14.9. The molecule has 258 valence electrons. The van der Waals surface area contributed by atoms with Crippen LogP contribution in [0.25, 0.3) is 121 Å². The molecule has 4 nitrogen and oxygen atoms in total. The highest BCUT2D eigenvalue weighted by Gasteiger charge is 2.26. The van der Waals surface area contributed by atoms with Crippen molar-refractivity contribution in [3.8, 4) is 28.3 Å². The highest BCUT2D eigenvalue weighted by molar-refractivity contribution is 6.35. The first-order chi connectivity index (χ1) is 27.8. The smallest absolute Gasteiger partial charge is 0.235 e. The number of hydrogen-bond acceptors (Lipinski definition) is 2. The van der Waals surface area contributed by atoms with Crippen LogP contribution in [0.1, 0.15) is 0 Å². The molecule has 13 aromatic rings. The molecule has 0 fully saturated rings. The third kappa shape index (κ3) is 3.92. The van der Waals surface area contributed by atoms with Gasteiger partial charge in [0.1, 0.15) is 0 Å². The zero-order valence-electron chi connectivity index (χ0n) is 30.1. The predicted molar refractivity (Wildman–Crippen MR) is 234 cm³/mol. The summed E-state index contributed by atoms with van der Waals surface area (Å²) in [5.41, 5.74) is 11.2. The summed E-state index contributed by atoms with van der Waals surface area (Å²) in [6, 6.07) is 65.7. The quantitative estimate of drug-likeness (QED) is 0.171. The maximum Gasteiger partial charge on any atom is 0.235 e. The van der Waals surface area contributed by atoms with Crippen LogP contribution < -0.4 is 0 Å². The van der Waals surface area contributed by atoms with E-state index in [4.69, 9.17) is 9.97 Å². The van der Waals surface area contributed by atoms with Crippen LogP contribution in [-0.2, 0) is 0 Å². The summed E-state index contributed by atoms with van der Waals surface area (Å²) >= 11 is 0. The maximum absolute atomic E-state index is 5.65. The molecular weight excluding hydrogens is 681 g/mol. The molecule has 0 saturated heterocycles. The van der Waals surface area contributed by atoms with Crippen LogP contribution in [0.3, 0.4) is 0 Å². The molecule has 13 rings (SSSR count). The zero-order chi connectivity index (χ0) is 36.5. The highest BCUT2D eigenvalue weighted by Crippen LogP contribution is 2.47. The van der Waals surface area contributed by atoms with E-state index in [1.807, 2.05) is 0 Å². The van der Waals surface area contributed by atoms with Gasteiger partial charge in [0.15, 0.2) is 0 Å². The third-order valence-electron chi connectivity index (χ3n) is 12.0. The molecule has 0 spiro atoms. The lowest BCUT2D eigenvalue weighted by atomic mass is 9.99. The van der Waals surface area contributed by atoms with Crippen molar-refractivity contribution in [3.63, 3.8) is 0 Å². The Morgan fingerprint density at radius 1 is 0.339 bits per heavy atom. The van der Waals surface area contributed by atoms with E-state index in [-0.39, 0.29) is 0 Å². The van der Waals surface area contributed by atoms with Gasteiger partial charge in [0.2, 0.25) is 5.95 Å². The minimum absolute atomic E-state index is 0.662. The molecule has 0 radical (unpaired) electrons. The lowest BCUT2D eigenvalue weighted by Crippen LogP contribution is -2.04. The number of fused-ring (bicyclic) bond motifs is 15. The fraction of sp³-hybridized carbons (Fsp3) is 0. The van der Waals surface area contributed by atoms with Gasteiger partial charge in [-0.25, -0.2) is 9.97 Å². The van der Waals surface area contributed by atoms with Crippen molar-refractivity contribution in [1.29, 1.82) is 0 Å². The lowest BCUT2D eigenvalue weighted by molar-refractivity contribution is 1.02. The molecule has 0 atom stereocenters. The maximum atomic E-state index is 5.65. The third-order valence-corrected chi connectivity index (χ3v) is 12.0. The van der Waals surface area contributed by atoms with Gasteiger partial charge in [-0.2, -0.15) is 0 Å². The molecule has 4 heteroatoms. The van der Waals surface area contributed by atoms with Gasteiger partial charge in [-0.05, 0) is 46.2 Å². The molecule has 0 saturated carbocycles. The van der Waals surface area contributed by atoms with E-state index in [1.165, 1.54) is 70.8 Å². The van der Waals surface area contributed by atoms with Gasteiger partial charge in [-0.3, -0.25) is 4.57 Å². The molecule has 0 aliphatic carbocycles. The lowest BCUT2D eigenvalue weighted by Gasteiger charge is -2.15. The Labute approximate surface area is 320 Å². The van der Waals surface area contributed by atoms with Gasteiger partial charge in [0, 0.05) is 54.0 Å². The summed E-state index contributed by atoms with van der Waals surface area (Å²) in [6.07, 6.45) is 0. The van der Waals surface area contributed by atoms with Crippen LogP contribution in [0, 0.1) is 0 Å². The summed E-state index contributed by atoms with van der Waals surface area (Å²) in [5.74, 6) is 0.662.